The van der Waals surface area contributed by atoms with Gasteiger partial charge in [-0.3, -0.25) is 24.4 Å². The van der Waals surface area contributed by atoms with Crippen molar-refractivity contribution in [2.24, 2.45) is 10.9 Å². The lowest BCUT2D eigenvalue weighted by atomic mass is 10.1. The lowest BCUT2D eigenvalue weighted by molar-refractivity contribution is -0.121. The highest BCUT2D eigenvalue weighted by atomic mass is 127. The first-order valence-corrected chi connectivity index (χ1v) is 18.7. The van der Waals surface area contributed by atoms with Crippen molar-refractivity contribution >= 4 is 83.6 Å². The van der Waals surface area contributed by atoms with Crippen molar-refractivity contribution in [3.8, 4) is 0 Å². The number of anilines is 1. The van der Waals surface area contributed by atoms with Gasteiger partial charge in [0.1, 0.15) is 17.9 Å². The molecule has 1 atom stereocenters. The molecule has 266 valence electrons. The molecule has 2 aromatic carbocycles. The normalized spacial score (nSPS) is 12.6. The highest BCUT2D eigenvalue weighted by molar-refractivity contribution is 14.1. The van der Waals surface area contributed by atoms with Gasteiger partial charge in [0.25, 0.3) is 5.56 Å². The molecule has 2 heterocycles. The van der Waals surface area contributed by atoms with E-state index >= 15 is 0 Å². The number of ether oxygens (including phenoxy) is 1. The molecule has 0 unspecified atom stereocenters. The molecule has 0 spiro atoms. The highest BCUT2D eigenvalue weighted by Gasteiger charge is 2.27. The number of rotatable bonds is 13. The zero-order valence-electron chi connectivity index (χ0n) is 27.5. The minimum atomic E-state index is -4.07. The molecule has 0 aliphatic heterocycles. The number of fused-ring (bicyclic) bond motifs is 1. The highest BCUT2D eigenvalue weighted by Crippen LogP contribution is 2.24. The van der Waals surface area contributed by atoms with E-state index in [1.165, 1.54) is 6.07 Å². The predicted molar refractivity (Wildman–Crippen MR) is 198 cm³/mol. The number of nitrogens with zero attached hydrogens (tertiary/aromatic N) is 2. The van der Waals surface area contributed by atoms with Crippen molar-refractivity contribution < 1.29 is 32.4 Å². The van der Waals surface area contributed by atoms with Gasteiger partial charge in [0.05, 0.1) is 28.4 Å². The van der Waals surface area contributed by atoms with Crippen molar-refractivity contribution in [1.29, 1.82) is 0 Å². The molecule has 50 heavy (non-hydrogen) atoms. The standard InChI is InChI=1S/C32H36IN7O8S2/c1-18-15-20(26(28(43)35-18)40-50(45,46)17-19-9-5-6-10-21(19)33)16-25(41)36-23(27(42)29-37-22-11-7-8-12-24(22)49-29)13-14-47-39-30(34)38-31(44)48-32(2,3)4/h5-12,15,23,40H,13-14,16-17H2,1-4H3,(H,35,43)(H,36,41)(H3,34,38,39,44)/t23-/m0/s1. The molecule has 0 aliphatic carbocycles. The number of halogens is 1. The van der Waals surface area contributed by atoms with Crippen molar-refractivity contribution in [1.82, 2.24) is 20.6 Å². The van der Waals surface area contributed by atoms with Crippen LogP contribution in [0.2, 0.25) is 0 Å². The van der Waals surface area contributed by atoms with E-state index in [9.17, 15) is 27.6 Å². The molecule has 2 amide bonds. The molecule has 4 aromatic rings. The number of sulfonamides is 1. The van der Waals surface area contributed by atoms with Crippen LogP contribution in [0.3, 0.4) is 0 Å². The van der Waals surface area contributed by atoms with Gasteiger partial charge in [-0.2, -0.15) is 0 Å². The van der Waals surface area contributed by atoms with Crippen LogP contribution in [0.15, 0.2) is 64.5 Å². The summed E-state index contributed by atoms with van der Waals surface area (Å²) in [7, 11) is -4.07. The van der Waals surface area contributed by atoms with Crippen molar-refractivity contribution in [3.05, 3.63) is 90.3 Å². The number of alkyl carbamates (subject to hydrolysis) is 1. The summed E-state index contributed by atoms with van der Waals surface area (Å²) in [5.74, 6) is -1.97. The number of hydrogen-bond acceptors (Lipinski definition) is 11. The second-order valence-corrected chi connectivity index (χ2v) is 15.9. The first kappa shape index (κ1) is 38.2. The Labute approximate surface area is 305 Å². The van der Waals surface area contributed by atoms with Crippen LogP contribution >= 0.6 is 33.9 Å². The monoisotopic (exact) mass is 837 g/mol. The van der Waals surface area contributed by atoms with Crippen LogP contribution in [0.5, 0.6) is 0 Å². The molecule has 15 nitrogen and oxygen atoms in total. The molecular formula is C32H36IN7O8S2. The van der Waals surface area contributed by atoms with Gasteiger partial charge in [0.2, 0.25) is 27.7 Å². The fourth-order valence-corrected chi connectivity index (χ4v) is 7.62. The van der Waals surface area contributed by atoms with Gasteiger partial charge in [-0.1, -0.05) is 30.3 Å². The quantitative estimate of drug-likeness (QED) is 0.0326. The van der Waals surface area contributed by atoms with Crippen LogP contribution in [-0.4, -0.2) is 60.4 Å². The number of hydrogen-bond donors (Lipinski definition) is 5. The number of H-pyrrole nitrogens is 1. The Morgan fingerprint density at radius 1 is 1.10 bits per heavy atom. The Kier molecular flexibility index (Phi) is 12.6. The van der Waals surface area contributed by atoms with Crippen LogP contribution < -0.4 is 26.6 Å². The smallest absolute Gasteiger partial charge is 0.414 e. The number of aromatic nitrogens is 2. The SMILES string of the molecule is Cc1cc(CC(=O)N[C@@H](CCON=C(N)NC(=O)OC(C)(C)C)C(=O)c2nc3ccccc3s2)c(NS(=O)(=O)Cc2ccccc2I)c(=O)[nH]1. The first-order chi connectivity index (χ1) is 23.5. The zero-order chi connectivity index (χ0) is 36.6. The van der Waals surface area contributed by atoms with E-state index in [-0.39, 0.29) is 35.2 Å². The van der Waals surface area contributed by atoms with Gasteiger partial charge in [-0.05, 0) is 90.8 Å². The van der Waals surface area contributed by atoms with E-state index in [4.69, 9.17) is 15.3 Å². The number of aromatic amines is 1. The Bertz CT molecular complexity index is 2060. The number of guanidine groups is 1. The molecule has 4 rings (SSSR count). The van der Waals surface area contributed by atoms with E-state index in [1.807, 2.05) is 34.7 Å². The molecular weight excluding hydrogens is 801 g/mol. The summed E-state index contributed by atoms with van der Waals surface area (Å²) in [6, 6.07) is 14.4. The summed E-state index contributed by atoms with van der Waals surface area (Å²) >= 11 is 3.17. The number of nitrogens with two attached hydrogens (primary N) is 1. The molecule has 0 radical (unpaired) electrons. The van der Waals surface area contributed by atoms with Gasteiger partial charge in [-0.15, -0.1) is 11.3 Å². The van der Waals surface area contributed by atoms with Crippen LogP contribution in [0.4, 0.5) is 10.5 Å². The molecule has 0 bridgehead atoms. The topological polar surface area (TPSA) is 224 Å². The number of Topliss-reactive ketones (excluding diaryl/α,β-unsaturated/α-hetero) is 1. The minimum Gasteiger partial charge on any atom is -0.444 e. The summed E-state index contributed by atoms with van der Waals surface area (Å²) < 4.78 is 35.2. The van der Waals surface area contributed by atoms with E-state index < -0.39 is 57.2 Å². The molecule has 2 aromatic heterocycles. The van der Waals surface area contributed by atoms with E-state index in [0.29, 0.717) is 16.8 Å². The largest absolute Gasteiger partial charge is 0.444 e. The Morgan fingerprint density at radius 2 is 1.80 bits per heavy atom. The van der Waals surface area contributed by atoms with Gasteiger partial charge in [0, 0.05) is 15.7 Å². The van der Waals surface area contributed by atoms with Crippen molar-refractivity contribution in [3.63, 3.8) is 0 Å². The number of benzene rings is 2. The number of carbonyl (C=O) groups excluding carboxylic acids is 3. The number of ketones is 1. The second-order valence-electron chi connectivity index (χ2n) is 12.0. The maximum atomic E-state index is 13.7. The van der Waals surface area contributed by atoms with Crippen molar-refractivity contribution in [2.45, 2.75) is 57.9 Å². The van der Waals surface area contributed by atoms with Crippen molar-refractivity contribution in [2.75, 3.05) is 11.3 Å². The fourth-order valence-electron chi connectivity index (χ4n) is 4.55. The number of carbonyl (C=O) groups is 3. The van der Waals surface area contributed by atoms with Crippen LogP contribution in [0.1, 0.15) is 53.8 Å². The van der Waals surface area contributed by atoms with Gasteiger partial charge >= 0.3 is 6.09 Å². The average molecular weight is 838 g/mol. The number of amides is 2. The van der Waals surface area contributed by atoms with E-state index in [2.05, 4.69) is 30.5 Å². The third kappa shape index (κ3) is 11.2. The molecule has 0 fully saturated rings. The Morgan fingerprint density at radius 3 is 2.50 bits per heavy atom. The van der Waals surface area contributed by atoms with Gasteiger partial charge in [-0.25, -0.2) is 18.2 Å². The van der Waals surface area contributed by atoms with E-state index in [1.54, 1.807) is 64.1 Å². The molecule has 0 saturated heterocycles. The Hall–Kier alpha value is -4.56. The van der Waals surface area contributed by atoms with Crippen LogP contribution in [0.25, 0.3) is 10.2 Å². The summed E-state index contributed by atoms with van der Waals surface area (Å²) in [4.78, 5) is 64.2. The zero-order valence-corrected chi connectivity index (χ0v) is 31.3. The Balaban J connectivity index is 1.51. The van der Waals surface area contributed by atoms with Crippen LogP contribution in [-0.2, 0) is 36.6 Å². The third-order valence-corrected chi connectivity index (χ3v) is 9.92. The lowest BCUT2D eigenvalue weighted by Crippen LogP contribution is -2.43. The molecule has 0 saturated carbocycles. The summed E-state index contributed by atoms with van der Waals surface area (Å²) in [6.45, 7) is 6.40. The number of aryl methyl sites for hydroxylation is 1. The molecule has 0 aliphatic rings. The van der Waals surface area contributed by atoms with E-state index in [0.717, 1.165) is 19.6 Å². The predicted octanol–water partition coefficient (Wildman–Crippen LogP) is 3.91. The van der Waals surface area contributed by atoms with Gasteiger partial charge < -0.3 is 25.6 Å². The number of nitrogens with one attached hydrogen (secondary N) is 4. The second kappa shape index (κ2) is 16.4. The first-order valence-electron chi connectivity index (χ1n) is 15.1. The number of para-hydroxylation sites is 1. The molecule has 6 N–H and O–H groups in total. The average Bonchev–Trinajstić information content (AvgIpc) is 3.44. The van der Waals surface area contributed by atoms with Gasteiger partial charge in [0.15, 0.2) is 5.01 Å². The van der Waals surface area contributed by atoms with Crippen LogP contribution in [0, 0.1) is 10.5 Å². The maximum absolute atomic E-state index is 13.7. The third-order valence-electron chi connectivity index (χ3n) is 6.61. The number of pyridine rings is 1. The maximum Gasteiger partial charge on any atom is 0.414 e. The summed E-state index contributed by atoms with van der Waals surface area (Å²) in [5.41, 5.74) is 5.52. The number of thiazole rings is 1. The minimum absolute atomic E-state index is 0.0900. The lowest BCUT2D eigenvalue weighted by Gasteiger charge is -2.19. The fraction of sp³-hybridized carbons (Fsp3) is 0.312. The molecule has 18 heteroatoms. The summed E-state index contributed by atoms with van der Waals surface area (Å²) in [6.07, 6.45) is -1.38. The summed E-state index contributed by atoms with van der Waals surface area (Å²) in [5, 5.41) is 8.64. The number of oxime groups is 1.